The summed E-state index contributed by atoms with van der Waals surface area (Å²) >= 11 is 3.27. The van der Waals surface area contributed by atoms with Gasteiger partial charge in [-0.1, -0.05) is 12.1 Å². The van der Waals surface area contributed by atoms with Crippen LogP contribution in [0.3, 0.4) is 0 Å². The van der Waals surface area contributed by atoms with E-state index >= 15 is 0 Å². The Morgan fingerprint density at radius 3 is 2.60 bits per heavy atom. The third-order valence-electron chi connectivity index (χ3n) is 2.79. The Morgan fingerprint density at radius 2 is 2.00 bits per heavy atom. The first-order chi connectivity index (χ1) is 9.51. The van der Waals surface area contributed by atoms with Crippen LogP contribution >= 0.6 is 15.9 Å². The number of carbonyl (C=O) groups is 1. The molecule has 0 unspecified atom stereocenters. The summed E-state index contributed by atoms with van der Waals surface area (Å²) in [5.41, 5.74) is 0.440. The van der Waals surface area contributed by atoms with Gasteiger partial charge in [0.2, 0.25) is 0 Å². The van der Waals surface area contributed by atoms with E-state index in [9.17, 15) is 14.0 Å². The van der Waals surface area contributed by atoms with Crippen molar-refractivity contribution in [1.82, 2.24) is 9.88 Å². The zero-order valence-corrected chi connectivity index (χ0v) is 12.3. The fourth-order valence-corrected chi connectivity index (χ4v) is 2.28. The number of carbonyl (C=O) groups excluding carboxylic acids is 1. The summed E-state index contributed by atoms with van der Waals surface area (Å²) in [6, 6.07) is 7.34. The van der Waals surface area contributed by atoms with Gasteiger partial charge in [-0.2, -0.15) is 0 Å². The van der Waals surface area contributed by atoms with Crippen LogP contribution in [0.4, 0.5) is 4.39 Å². The maximum atomic E-state index is 12.9. The highest BCUT2D eigenvalue weighted by Gasteiger charge is 2.12. The largest absolute Gasteiger partial charge is 0.355 e. The molecule has 0 saturated carbocycles. The number of aromatic nitrogens is 1. The molecule has 20 heavy (non-hydrogen) atoms. The third-order valence-corrected chi connectivity index (χ3v) is 3.22. The summed E-state index contributed by atoms with van der Waals surface area (Å²) in [6.45, 7) is 0.266. The molecule has 0 aliphatic heterocycles. The Bertz CT molecular complexity index is 695. The molecule has 1 heterocycles. The van der Waals surface area contributed by atoms with Crippen molar-refractivity contribution in [2.24, 2.45) is 0 Å². The van der Waals surface area contributed by atoms with Crippen LogP contribution in [0.15, 0.2) is 45.8 Å². The number of nitrogens with zero attached hydrogens (tertiary/aromatic N) is 1. The number of amides is 1. The van der Waals surface area contributed by atoms with E-state index in [1.54, 1.807) is 18.3 Å². The lowest BCUT2D eigenvalue weighted by Crippen LogP contribution is -2.31. The smallest absolute Gasteiger partial charge is 0.263 e. The van der Waals surface area contributed by atoms with E-state index in [0.717, 1.165) is 5.56 Å². The average molecular weight is 339 g/mol. The molecular weight excluding hydrogens is 327 g/mol. The van der Waals surface area contributed by atoms with Crippen LogP contribution in [-0.4, -0.2) is 17.5 Å². The summed E-state index contributed by atoms with van der Waals surface area (Å²) < 4.78 is 14.9. The molecule has 2 rings (SSSR count). The third kappa shape index (κ3) is 3.14. The summed E-state index contributed by atoms with van der Waals surface area (Å²) in [5.74, 6) is -0.773. The summed E-state index contributed by atoms with van der Waals surface area (Å²) in [7, 11) is 1.47. The van der Waals surface area contributed by atoms with Crippen molar-refractivity contribution in [3.8, 4) is 0 Å². The second kappa shape index (κ2) is 6.00. The summed E-state index contributed by atoms with van der Waals surface area (Å²) in [5, 5.41) is 2.43. The molecule has 0 saturated heterocycles. The molecule has 1 N–H and O–H groups in total. The Labute approximate surface area is 123 Å². The summed E-state index contributed by atoms with van der Waals surface area (Å²) in [4.78, 5) is 23.8. The van der Waals surface area contributed by atoms with Gasteiger partial charge in [0.25, 0.3) is 11.5 Å². The second-order valence-corrected chi connectivity index (χ2v) is 5.13. The second-order valence-electron chi connectivity index (χ2n) is 4.21. The standard InChI is InChI=1S/C14H12BrFN2O2/c1-17-13(19)12-6-10(15)8-18(14(12)20)7-9-2-4-11(16)5-3-9/h2-6,8H,7H2,1H3,(H,17,19). The van der Waals surface area contributed by atoms with E-state index in [2.05, 4.69) is 21.2 Å². The molecule has 1 amide bonds. The van der Waals surface area contributed by atoms with Crippen molar-refractivity contribution < 1.29 is 9.18 Å². The molecule has 1 aromatic carbocycles. The Kier molecular flexibility index (Phi) is 4.34. The van der Waals surface area contributed by atoms with E-state index in [1.165, 1.54) is 29.8 Å². The molecule has 1 aromatic heterocycles. The van der Waals surface area contributed by atoms with E-state index in [0.29, 0.717) is 4.47 Å². The topological polar surface area (TPSA) is 51.1 Å². The lowest BCUT2D eigenvalue weighted by molar-refractivity contribution is 0.0961. The molecule has 6 heteroatoms. The number of hydrogen-bond acceptors (Lipinski definition) is 2. The van der Waals surface area contributed by atoms with Gasteiger partial charge in [-0.3, -0.25) is 9.59 Å². The Morgan fingerprint density at radius 1 is 1.35 bits per heavy atom. The van der Waals surface area contributed by atoms with Crippen LogP contribution in [0.1, 0.15) is 15.9 Å². The van der Waals surface area contributed by atoms with Gasteiger partial charge in [-0.25, -0.2) is 4.39 Å². The van der Waals surface area contributed by atoms with E-state index in [-0.39, 0.29) is 17.9 Å². The fraction of sp³-hybridized carbons (Fsp3) is 0.143. The normalized spacial score (nSPS) is 10.3. The molecule has 0 radical (unpaired) electrons. The van der Waals surface area contributed by atoms with Gasteiger partial charge in [0.05, 0.1) is 6.54 Å². The molecule has 0 spiro atoms. The van der Waals surface area contributed by atoms with E-state index < -0.39 is 11.5 Å². The van der Waals surface area contributed by atoms with Gasteiger partial charge in [-0.05, 0) is 39.7 Å². The minimum atomic E-state index is -0.441. The Balaban J connectivity index is 2.42. The Hall–Kier alpha value is -1.95. The number of benzene rings is 1. The van der Waals surface area contributed by atoms with Crippen molar-refractivity contribution in [2.45, 2.75) is 6.54 Å². The molecular formula is C14H12BrFN2O2. The highest BCUT2D eigenvalue weighted by molar-refractivity contribution is 9.10. The molecule has 0 atom stereocenters. The first-order valence-corrected chi connectivity index (χ1v) is 6.67. The molecule has 104 valence electrons. The zero-order valence-electron chi connectivity index (χ0n) is 10.7. The average Bonchev–Trinajstić information content (AvgIpc) is 2.44. The lowest BCUT2D eigenvalue weighted by Gasteiger charge is -2.09. The number of hydrogen-bond donors (Lipinski definition) is 1. The van der Waals surface area contributed by atoms with Crippen LogP contribution < -0.4 is 10.9 Å². The molecule has 0 aliphatic carbocycles. The van der Waals surface area contributed by atoms with Crippen LogP contribution in [0.5, 0.6) is 0 Å². The van der Waals surface area contributed by atoms with Crippen molar-refractivity contribution in [1.29, 1.82) is 0 Å². The van der Waals surface area contributed by atoms with Crippen molar-refractivity contribution in [3.05, 3.63) is 68.3 Å². The van der Waals surface area contributed by atoms with E-state index in [1.807, 2.05) is 0 Å². The maximum Gasteiger partial charge on any atom is 0.263 e. The molecule has 4 nitrogen and oxygen atoms in total. The van der Waals surface area contributed by atoms with Crippen LogP contribution in [0, 0.1) is 5.82 Å². The molecule has 0 bridgehead atoms. The number of rotatable bonds is 3. The number of nitrogens with one attached hydrogen (secondary N) is 1. The number of pyridine rings is 1. The highest BCUT2D eigenvalue weighted by Crippen LogP contribution is 2.11. The predicted molar refractivity (Wildman–Crippen MR) is 77.3 cm³/mol. The van der Waals surface area contributed by atoms with Crippen molar-refractivity contribution >= 4 is 21.8 Å². The first kappa shape index (κ1) is 14.5. The molecule has 0 aliphatic rings. The monoisotopic (exact) mass is 338 g/mol. The van der Waals surface area contributed by atoms with Gasteiger partial charge in [0.1, 0.15) is 11.4 Å². The van der Waals surface area contributed by atoms with Crippen LogP contribution in [-0.2, 0) is 6.54 Å². The van der Waals surface area contributed by atoms with Crippen LogP contribution in [0.2, 0.25) is 0 Å². The van der Waals surface area contributed by atoms with Crippen LogP contribution in [0.25, 0.3) is 0 Å². The SMILES string of the molecule is CNC(=O)c1cc(Br)cn(Cc2ccc(F)cc2)c1=O. The van der Waals surface area contributed by atoms with Gasteiger partial charge >= 0.3 is 0 Å². The van der Waals surface area contributed by atoms with Crippen molar-refractivity contribution in [3.63, 3.8) is 0 Å². The molecule has 2 aromatic rings. The predicted octanol–water partition coefficient (Wildman–Crippen LogP) is 2.16. The van der Waals surface area contributed by atoms with Gasteiger partial charge in [0, 0.05) is 17.7 Å². The van der Waals surface area contributed by atoms with Crippen molar-refractivity contribution in [2.75, 3.05) is 7.05 Å². The minimum absolute atomic E-state index is 0.0592. The fourth-order valence-electron chi connectivity index (χ4n) is 1.80. The maximum absolute atomic E-state index is 12.9. The van der Waals surface area contributed by atoms with Gasteiger partial charge in [-0.15, -0.1) is 0 Å². The van der Waals surface area contributed by atoms with Gasteiger partial charge in [0.15, 0.2) is 0 Å². The molecule has 0 fully saturated rings. The quantitative estimate of drug-likeness (QED) is 0.932. The minimum Gasteiger partial charge on any atom is -0.355 e. The highest BCUT2D eigenvalue weighted by atomic mass is 79.9. The first-order valence-electron chi connectivity index (χ1n) is 5.88. The van der Waals surface area contributed by atoms with Gasteiger partial charge < -0.3 is 9.88 Å². The number of halogens is 2. The summed E-state index contributed by atoms with van der Waals surface area (Å²) in [6.07, 6.45) is 1.60. The lowest BCUT2D eigenvalue weighted by atomic mass is 10.2. The van der Waals surface area contributed by atoms with E-state index in [4.69, 9.17) is 0 Å². The zero-order chi connectivity index (χ0) is 14.7.